The first-order valence-electron chi connectivity index (χ1n) is 7.83. The summed E-state index contributed by atoms with van der Waals surface area (Å²) in [6, 6.07) is 0. The summed E-state index contributed by atoms with van der Waals surface area (Å²) in [4.78, 5) is 23.8. The number of ether oxygens (including phenoxy) is 1. The molecule has 1 saturated heterocycles. The molecule has 13 nitrogen and oxygen atoms in total. The van der Waals surface area contributed by atoms with Crippen LogP contribution in [0.2, 0.25) is 0 Å². The van der Waals surface area contributed by atoms with E-state index in [0.29, 0.717) is 0 Å². The minimum absolute atomic E-state index is 0.0240. The molecule has 3 atom stereocenters. The second kappa shape index (κ2) is 5.95. The molecule has 1 fully saturated rings. The maximum absolute atomic E-state index is 11.2. The number of carbonyl (C=O) groups is 1. The Labute approximate surface area is 150 Å². The van der Waals surface area contributed by atoms with Crippen molar-refractivity contribution in [1.82, 2.24) is 29.3 Å². The lowest BCUT2D eigenvalue weighted by atomic mass is 9.98. The van der Waals surface area contributed by atoms with Crippen molar-refractivity contribution in [2.24, 2.45) is 5.73 Å². The number of amides is 1. The molecule has 0 saturated carbocycles. The quantitative estimate of drug-likeness (QED) is 0.319. The maximum Gasteiger partial charge on any atom is 0.254 e. The van der Waals surface area contributed by atoms with Crippen molar-refractivity contribution >= 4 is 22.9 Å². The average Bonchev–Trinajstić information content (AvgIpc) is 3.34. The van der Waals surface area contributed by atoms with Crippen LogP contribution in [-0.2, 0) is 4.74 Å². The summed E-state index contributed by atoms with van der Waals surface area (Å²) in [6.45, 7) is -0.928. The molecule has 1 aliphatic heterocycles. The molecule has 0 bridgehead atoms. The van der Waals surface area contributed by atoms with Crippen LogP contribution in [-0.4, -0.2) is 75.4 Å². The summed E-state index contributed by atoms with van der Waals surface area (Å²) in [5.41, 5.74) is 9.77. The van der Waals surface area contributed by atoms with Gasteiger partial charge in [0.15, 0.2) is 23.3 Å². The molecule has 27 heavy (non-hydrogen) atoms. The number of hydrogen-bond donors (Lipinski definition) is 5. The van der Waals surface area contributed by atoms with E-state index in [4.69, 9.17) is 16.2 Å². The molecule has 7 N–H and O–H groups in total. The fourth-order valence-electron chi connectivity index (χ4n) is 2.90. The van der Waals surface area contributed by atoms with Crippen molar-refractivity contribution in [2.45, 2.75) is 17.9 Å². The topological polar surface area (TPSA) is 200 Å². The Bertz CT molecular complexity index is 1030. The van der Waals surface area contributed by atoms with Crippen molar-refractivity contribution in [2.75, 3.05) is 18.9 Å². The number of hydrogen-bond acceptors (Lipinski definition) is 10. The molecular weight excluding hydrogens is 360 g/mol. The van der Waals surface area contributed by atoms with E-state index >= 15 is 0 Å². The number of nitrogens with zero attached hydrogens (tertiary/aromatic N) is 6. The summed E-state index contributed by atoms with van der Waals surface area (Å²) in [5, 5.41) is 34.0. The molecule has 4 rings (SSSR count). The highest BCUT2D eigenvalue weighted by Crippen LogP contribution is 2.36. The Morgan fingerprint density at radius 2 is 2.22 bits per heavy atom. The molecule has 0 spiro atoms. The van der Waals surface area contributed by atoms with Crippen LogP contribution in [0.4, 0.5) is 5.82 Å². The fraction of sp³-hybridized carbons (Fsp3) is 0.357. The molecule has 4 heterocycles. The smallest absolute Gasteiger partial charge is 0.254 e. The van der Waals surface area contributed by atoms with Crippen molar-refractivity contribution in [3.8, 4) is 5.95 Å². The Morgan fingerprint density at radius 1 is 1.44 bits per heavy atom. The lowest BCUT2D eigenvalue weighted by molar-refractivity contribution is -0.132. The first-order chi connectivity index (χ1) is 12.8. The Balaban J connectivity index is 1.84. The van der Waals surface area contributed by atoms with Crippen LogP contribution in [0.15, 0.2) is 18.7 Å². The zero-order valence-corrected chi connectivity index (χ0v) is 13.8. The van der Waals surface area contributed by atoms with Gasteiger partial charge in [0, 0.05) is 6.20 Å². The normalized spacial score (nSPS) is 25.3. The summed E-state index contributed by atoms with van der Waals surface area (Å²) in [6.07, 6.45) is 1.45. The third kappa shape index (κ3) is 2.52. The van der Waals surface area contributed by atoms with E-state index in [1.165, 1.54) is 28.0 Å². The molecule has 1 amide bonds. The van der Waals surface area contributed by atoms with Crippen LogP contribution in [0.25, 0.3) is 17.1 Å². The molecule has 0 unspecified atom stereocenters. The standard InChI is InChI=1S/C14H16N8O5/c15-9-8-11(20-13(19-9)22-2-6(1-18-22)10(16)25)21(5-17-8)12-14(26,4-23)7(24)3-27-12/h1-2,5,7,12,23-24,26H,3-4H2,(H2,16,25)(H2,15,19,20)/t7-,12+,14+/m0/s1. The summed E-state index contributed by atoms with van der Waals surface area (Å²) in [7, 11) is 0. The predicted molar refractivity (Wildman–Crippen MR) is 88.4 cm³/mol. The number of rotatable bonds is 4. The number of aromatic nitrogens is 6. The van der Waals surface area contributed by atoms with Crippen molar-refractivity contribution in [3.63, 3.8) is 0 Å². The van der Waals surface area contributed by atoms with Crippen LogP contribution >= 0.6 is 0 Å². The van der Waals surface area contributed by atoms with Crippen LogP contribution in [0, 0.1) is 0 Å². The predicted octanol–water partition coefficient (Wildman–Crippen LogP) is -2.69. The molecule has 0 aromatic carbocycles. The molecule has 13 heteroatoms. The lowest BCUT2D eigenvalue weighted by Crippen LogP contribution is -2.48. The van der Waals surface area contributed by atoms with Gasteiger partial charge in [-0.05, 0) is 0 Å². The van der Waals surface area contributed by atoms with Gasteiger partial charge in [-0.2, -0.15) is 15.1 Å². The van der Waals surface area contributed by atoms with E-state index in [2.05, 4.69) is 20.1 Å². The van der Waals surface area contributed by atoms with Gasteiger partial charge in [0.25, 0.3) is 11.9 Å². The number of nitrogens with two attached hydrogens (primary N) is 2. The number of aliphatic hydroxyl groups excluding tert-OH is 2. The Morgan fingerprint density at radius 3 is 2.89 bits per heavy atom. The number of aliphatic hydroxyl groups is 3. The molecule has 3 aromatic rings. The second-order valence-corrected chi connectivity index (χ2v) is 6.12. The summed E-state index contributed by atoms with van der Waals surface area (Å²) >= 11 is 0. The number of imidazole rings is 1. The van der Waals surface area contributed by atoms with Crippen molar-refractivity contribution in [3.05, 3.63) is 24.3 Å². The summed E-state index contributed by atoms with van der Waals surface area (Å²) < 4.78 is 7.96. The Kier molecular flexibility index (Phi) is 3.81. The summed E-state index contributed by atoms with van der Waals surface area (Å²) in [5.74, 6) is -0.613. The zero-order valence-electron chi connectivity index (χ0n) is 13.8. The van der Waals surface area contributed by atoms with E-state index in [1.54, 1.807) is 0 Å². The average molecular weight is 376 g/mol. The first kappa shape index (κ1) is 17.3. The zero-order chi connectivity index (χ0) is 19.3. The van der Waals surface area contributed by atoms with Crippen LogP contribution < -0.4 is 11.5 Å². The minimum Gasteiger partial charge on any atom is -0.393 e. The van der Waals surface area contributed by atoms with E-state index in [9.17, 15) is 20.1 Å². The monoisotopic (exact) mass is 376 g/mol. The largest absolute Gasteiger partial charge is 0.393 e. The number of primary amides is 1. The highest BCUT2D eigenvalue weighted by Gasteiger charge is 2.51. The van der Waals surface area contributed by atoms with Gasteiger partial charge >= 0.3 is 0 Å². The molecule has 0 aliphatic carbocycles. The lowest BCUT2D eigenvalue weighted by Gasteiger charge is -2.29. The van der Waals surface area contributed by atoms with Crippen LogP contribution in [0.1, 0.15) is 16.6 Å². The second-order valence-electron chi connectivity index (χ2n) is 6.12. The van der Waals surface area contributed by atoms with Gasteiger partial charge in [0.1, 0.15) is 11.6 Å². The molecular formula is C14H16N8O5. The third-order valence-electron chi connectivity index (χ3n) is 4.43. The van der Waals surface area contributed by atoms with Crippen molar-refractivity contribution < 1.29 is 24.9 Å². The van der Waals surface area contributed by atoms with E-state index < -0.39 is 30.4 Å². The first-order valence-corrected chi connectivity index (χ1v) is 7.83. The molecule has 1 aliphatic rings. The fourth-order valence-corrected chi connectivity index (χ4v) is 2.90. The maximum atomic E-state index is 11.2. The van der Waals surface area contributed by atoms with Gasteiger partial charge in [0.05, 0.1) is 31.3 Å². The van der Waals surface area contributed by atoms with E-state index in [1.807, 2.05) is 0 Å². The van der Waals surface area contributed by atoms with Gasteiger partial charge in [-0.25, -0.2) is 9.67 Å². The number of anilines is 1. The molecule has 142 valence electrons. The van der Waals surface area contributed by atoms with Gasteiger partial charge < -0.3 is 31.5 Å². The van der Waals surface area contributed by atoms with Gasteiger partial charge in [-0.3, -0.25) is 9.36 Å². The minimum atomic E-state index is -1.95. The highest BCUT2D eigenvalue weighted by atomic mass is 16.6. The number of carbonyl (C=O) groups excluding carboxylic acids is 1. The van der Waals surface area contributed by atoms with E-state index in [-0.39, 0.29) is 35.1 Å². The number of nitrogen functional groups attached to an aromatic ring is 1. The Hall–Kier alpha value is -3.13. The van der Waals surface area contributed by atoms with Crippen LogP contribution in [0.3, 0.4) is 0 Å². The van der Waals surface area contributed by atoms with Crippen LogP contribution in [0.5, 0.6) is 0 Å². The molecule has 3 aromatic heterocycles. The molecule has 0 radical (unpaired) electrons. The number of fused-ring (bicyclic) bond motifs is 1. The van der Waals surface area contributed by atoms with Gasteiger partial charge in [-0.15, -0.1) is 0 Å². The van der Waals surface area contributed by atoms with Gasteiger partial charge in [0.2, 0.25) is 0 Å². The third-order valence-corrected chi connectivity index (χ3v) is 4.43. The highest BCUT2D eigenvalue weighted by molar-refractivity contribution is 5.92. The SMILES string of the molecule is NC(=O)c1cnn(-c2nc(N)c3ncn([C@@H]4OC[C@H](O)[C@]4(O)CO)c3n2)c1. The van der Waals surface area contributed by atoms with Gasteiger partial charge in [-0.1, -0.05) is 0 Å². The van der Waals surface area contributed by atoms with E-state index in [0.717, 1.165) is 0 Å². The van der Waals surface area contributed by atoms with Crippen molar-refractivity contribution in [1.29, 1.82) is 0 Å².